The van der Waals surface area contributed by atoms with Crippen LogP contribution < -0.4 is 10.6 Å². The zero-order valence-electron chi connectivity index (χ0n) is 69.7. The second-order valence-electron chi connectivity index (χ2n) is 35.2. The number of carbonyl (C=O) groups is 9. The Balaban J connectivity index is 0.000000221. The van der Waals surface area contributed by atoms with Crippen LogP contribution >= 0.6 is 0 Å². The smallest absolute Gasteiger partial charge is 0.408 e. The number of nitrogens with one attached hydrogen (secondary N) is 2. The first kappa shape index (κ1) is 89.0. The summed E-state index contributed by atoms with van der Waals surface area (Å²) in [4.78, 5) is 122. The van der Waals surface area contributed by atoms with Crippen molar-refractivity contribution in [2.24, 2.45) is 33.5 Å². The number of aliphatic hydroxyl groups excluding tert-OH is 5. The van der Waals surface area contributed by atoms with E-state index in [1.54, 1.807) is 204 Å². The Labute approximate surface area is 696 Å². The minimum Gasteiger partial charge on any atom is -0.456 e. The Morgan fingerprint density at radius 3 is 1.21 bits per heavy atom. The molecule has 2 unspecified atom stereocenters. The number of rotatable bonds is 18. The number of benzene rings is 5. The minimum atomic E-state index is -2.28. The molecule has 22 atom stereocenters. The van der Waals surface area contributed by atoms with E-state index in [9.17, 15) is 78.9 Å². The van der Waals surface area contributed by atoms with Crippen molar-refractivity contribution in [2.45, 2.75) is 236 Å². The molecule has 5 aromatic carbocycles. The fraction of sp³-hybridized carbons (Fsp3) is 0.489. The number of amides is 2. The first-order valence-electron chi connectivity index (χ1n) is 40.1. The molecule has 642 valence electrons. The van der Waals surface area contributed by atoms with Gasteiger partial charge in [0.05, 0.1) is 66.6 Å². The highest BCUT2D eigenvalue weighted by Crippen LogP contribution is 2.69. The van der Waals surface area contributed by atoms with Crippen molar-refractivity contribution < 1.29 is 126 Å². The van der Waals surface area contributed by atoms with E-state index in [-0.39, 0.29) is 65.0 Å². The zero-order chi connectivity index (χ0) is 87.7. The Hall–Kier alpha value is -10.3. The summed E-state index contributed by atoms with van der Waals surface area (Å²) in [6, 6.07) is 38.4. The standard InChI is InChI=1S/C48H53NO13.C44H55NO13/c1-26-33(60-44(56)38(53)37(30-17-11-8-12-18-30)49-42(54)31-19-13-9-14-20-31)24-48(57)41(61-43(55)32-21-15-10-16-22-32)40-46(7,27(2)39(59-28(3)50)36(26)45(48,5)6)34(52)23-35-47(40,25-58-35)62-29(4)51;1-23-28(55-38(51)34(49)32(26-16-12-10-13-17-26)45-39(52)58-40(4,5)6)21-44(53)36(56-37(50)27-18-14-11-15-19-27)35-42(9,24(2)33(48)31(23)41(44,7)8)29(47)20-30-43(35,22-54-30)57-25(3)46/h8-22,33-35,37-41,52-53,57H,2,23-25H2,1,3-7H3,(H,49,54);10-19,28-30,32-36,47-49,53H,2,20-22H2,1,3-9H3,(H,45,52)/t33-,34-,35+,37-,38+,39-,40?,41-,46+,47-,48+;28-,29-,30+,32-,33-,34+,35?,36-,42+,43-,44+/m00/s1. The van der Waals surface area contributed by atoms with Gasteiger partial charge in [-0.1, -0.05) is 170 Å². The Bertz CT molecular complexity index is 4860. The topological polar surface area (TPSA) is 412 Å². The van der Waals surface area contributed by atoms with Crippen LogP contribution in [0.4, 0.5) is 4.79 Å². The fourth-order valence-electron chi connectivity index (χ4n) is 20.0. The lowest BCUT2D eigenvalue weighted by Gasteiger charge is -2.68. The summed E-state index contributed by atoms with van der Waals surface area (Å²) >= 11 is 0. The van der Waals surface area contributed by atoms with E-state index >= 15 is 0 Å². The van der Waals surface area contributed by atoms with Gasteiger partial charge in [0, 0.05) is 73.7 Å². The summed E-state index contributed by atoms with van der Waals surface area (Å²) in [5.74, 6) is -9.30. The molecule has 4 saturated carbocycles. The van der Waals surface area contributed by atoms with Crippen molar-refractivity contribution in [3.63, 3.8) is 0 Å². The van der Waals surface area contributed by atoms with Crippen molar-refractivity contribution >= 4 is 53.8 Å². The van der Waals surface area contributed by atoms with E-state index in [1.807, 2.05) is 0 Å². The van der Waals surface area contributed by atoms with E-state index in [2.05, 4.69) is 23.8 Å². The van der Waals surface area contributed by atoms with Crippen LogP contribution in [0.5, 0.6) is 0 Å². The van der Waals surface area contributed by atoms with E-state index in [1.165, 1.54) is 45.0 Å². The number of aliphatic hydroxyl groups is 7. The summed E-state index contributed by atoms with van der Waals surface area (Å²) in [5, 5.41) is 92.7. The number of hydrogen-bond donors (Lipinski definition) is 9. The van der Waals surface area contributed by atoms with Gasteiger partial charge in [-0.3, -0.25) is 19.2 Å². The summed E-state index contributed by atoms with van der Waals surface area (Å²) in [5.41, 5.74) is -12.1. The SMILES string of the molecule is C=C1[C@H](O)C2=C(C)[C@@H](OC(=O)[C@H](O)[C@@H](NC(=O)OC(C)(C)C)c3ccccc3)C[C@@](O)([C@@H](OC(=O)c3ccccc3)C3[C@@]1(C)[C@@H](O)C[C@H]1OC[C@@]31OC(C)=O)C2(C)C.C=C1[C@H](OC(C)=O)C2=C(C)[C@@H](OC(=O)[C@H](O)[C@@H](NC(=O)c3ccccc3)c3ccccc3)C[C@@](O)([C@@H](OC(=O)c3ccccc3)C3[C@@]1(C)[C@@H](O)C[C@H]1OC[C@@]31OC(C)=O)C2(C)C. The summed E-state index contributed by atoms with van der Waals surface area (Å²) < 4.78 is 60.8. The minimum absolute atomic E-state index is 0.0245. The van der Waals surface area contributed by atoms with Gasteiger partial charge < -0.3 is 93.7 Å². The van der Waals surface area contributed by atoms with Crippen LogP contribution in [0.15, 0.2) is 198 Å². The highest BCUT2D eigenvalue weighted by atomic mass is 16.7. The maximum atomic E-state index is 14.4. The third-order valence-electron chi connectivity index (χ3n) is 26.5. The molecule has 8 aliphatic rings. The van der Waals surface area contributed by atoms with Gasteiger partial charge in [-0.2, -0.15) is 0 Å². The van der Waals surface area contributed by atoms with Gasteiger partial charge in [0.2, 0.25) is 0 Å². The number of fused-ring (bicyclic) bond motifs is 10. The Morgan fingerprint density at radius 1 is 0.483 bits per heavy atom. The second-order valence-corrected chi connectivity index (χ2v) is 35.2. The molecule has 6 aliphatic carbocycles. The van der Waals surface area contributed by atoms with Crippen molar-refractivity contribution in [1.82, 2.24) is 10.6 Å². The van der Waals surface area contributed by atoms with Crippen LogP contribution in [0.25, 0.3) is 0 Å². The Kier molecular flexibility index (Phi) is 24.7. The predicted molar refractivity (Wildman–Crippen MR) is 430 cm³/mol. The molecule has 0 spiro atoms. The maximum absolute atomic E-state index is 14.4. The highest BCUT2D eigenvalue weighted by Gasteiger charge is 2.79. The Morgan fingerprint density at radius 2 is 0.842 bits per heavy atom. The van der Waals surface area contributed by atoms with Gasteiger partial charge in [0.1, 0.15) is 59.5 Å². The third-order valence-corrected chi connectivity index (χ3v) is 26.5. The highest BCUT2D eigenvalue weighted by molar-refractivity contribution is 5.95. The van der Waals surface area contributed by atoms with E-state index in [0.717, 1.165) is 0 Å². The molecule has 2 heterocycles. The van der Waals surface area contributed by atoms with Gasteiger partial charge in [-0.05, 0) is 116 Å². The number of esters is 7. The van der Waals surface area contributed by atoms with E-state index in [4.69, 9.17) is 47.4 Å². The molecule has 0 aromatic heterocycles. The van der Waals surface area contributed by atoms with Crippen molar-refractivity contribution in [1.29, 1.82) is 0 Å². The largest absolute Gasteiger partial charge is 0.456 e. The molecule has 2 aliphatic heterocycles. The number of carbonyl (C=O) groups excluding carboxylic acids is 9. The zero-order valence-corrected chi connectivity index (χ0v) is 69.7. The third kappa shape index (κ3) is 15.6. The van der Waals surface area contributed by atoms with Crippen LogP contribution in [0.1, 0.15) is 177 Å². The summed E-state index contributed by atoms with van der Waals surface area (Å²) in [7, 11) is 0. The number of ether oxygens (including phenoxy) is 10. The lowest BCUT2D eigenvalue weighted by Crippen LogP contribution is -2.80. The molecule has 6 fully saturated rings. The van der Waals surface area contributed by atoms with Crippen LogP contribution in [-0.2, 0) is 71.3 Å². The molecule has 9 N–H and O–H groups in total. The lowest BCUT2D eigenvalue weighted by molar-refractivity contribution is -0.346. The van der Waals surface area contributed by atoms with E-state index in [0.29, 0.717) is 22.3 Å². The van der Waals surface area contributed by atoms with Crippen molar-refractivity contribution in [3.05, 3.63) is 226 Å². The molecular formula is C92H108N2O26. The fourth-order valence-corrected chi connectivity index (χ4v) is 20.0. The molecule has 5 aromatic rings. The average Bonchev–Trinajstić information content (AvgIpc) is 0.672. The molecule has 4 bridgehead atoms. The van der Waals surface area contributed by atoms with Crippen LogP contribution in [0, 0.1) is 33.5 Å². The molecular weight excluding hydrogens is 1550 g/mol. The van der Waals surface area contributed by atoms with Crippen molar-refractivity contribution in [3.8, 4) is 0 Å². The second kappa shape index (κ2) is 33.3. The van der Waals surface area contributed by atoms with Crippen LogP contribution in [-0.4, -0.2) is 204 Å². The van der Waals surface area contributed by atoms with Gasteiger partial charge in [0.25, 0.3) is 5.91 Å². The van der Waals surface area contributed by atoms with E-state index < -0.39 is 213 Å². The van der Waals surface area contributed by atoms with Gasteiger partial charge in [0.15, 0.2) is 23.4 Å². The lowest BCUT2D eigenvalue weighted by atomic mass is 9.44. The number of alkyl carbamates (subject to hydrolysis) is 1. The quantitative estimate of drug-likeness (QED) is 0.0224. The van der Waals surface area contributed by atoms with Gasteiger partial charge in [-0.15, -0.1) is 0 Å². The van der Waals surface area contributed by atoms with Crippen LogP contribution in [0.3, 0.4) is 0 Å². The average molecular weight is 1660 g/mol. The normalized spacial score (nSPS) is 32.7. The van der Waals surface area contributed by atoms with Crippen LogP contribution in [0.2, 0.25) is 0 Å². The molecule has 28 heteroatoms. The first-order valence-corrected chi connectivity index (χ1v) is 40.1. The molecule has 2 saturated heterocycles. The molecule has 0 radical (unpaired) electrons. The number of hydrogen-bond acceptors (Lipinski definition) is 26. The maximum Gasteiger partial charge on any atom is 0.408 e. The molecule has 120 heavy (non-hydrogen) atoms. The monoisotopic (exact) mass is 1660 g/mol. The first-order chi connectivity index (χ1) is 56.3. The van der Waals surface area contributed by atoms with Gasteiger partial charge in [-0.25, -0.2) is 24.0 Å². The molecule has 2 amide bonds. The predicted octanol–water partition coefficient (Wildman–Crippen LogP) is 8.97. The summed E-state index contributed by atoms with van der Waals surface area (Å²) in [6.07, 6.45) is -19.2. The van der Waals surface area contributed by atoms with Crippen molar-refractivity contribution in [2.75, 3.05) is 13.2 Å². The summed E-state index contributed by atoms with van der Waals surface area (Å²) in [6.45, 7) is 30.2. The molecule has 28 nitrogen and oxygen atoms in total. The molecule has 13 rings (SSSR count). The van der Waals surface area contributed by atoms with Gasteiger partial charge >= 0.3 is 47.9 Å².